The number of methoxy groups -OCH3 is 2. The van der Waals surface area contributed by atoms with Gasteiger partial charge in [0.05, 0.1) is 42.5 Å². The summed E-state index contributed by atoms with van der Waals surface area (Å²) in [7, 11) is 0.155. The van der Waals surface area contributed by atoms with Gasteiger partial charge in [-0.25, -0.2) is 8.42 Å². The normalized spacial score (nSPS) is 20.6. The van der Waals surface area contributed by atoms with Crippen LogP contribution in [0.25, 0.3) is 0 Å². The number of hydrogen-bond donors (Lipinski definition) is 2. The van der Waals surface area contributed by atoms with Crippen molar-refractivity contribution in [2.24, 2.45) is 4.99 Å². The van der Waals surface area contributed by atoms with Gasteiger partial charge in [-0.1, -0.05) is 29.4 Å². The predicted molar refractivity (Wildman–Crippen MR) is 132 cm³/mol. The van der Waals surface area contributed by atoms with Crippen LogP contribution in [0.1, 0.15) is 15.9 Å². The molecule has 1 amide bonds. The van der Waals surface area contributed by atoms with Crippen LogP contribution in [-0.2, 0) is 16.3 Å². The SMILES string of the molecule is COc1ccc(CCNC(=O)c2ccc(Cl)c(NC3=N[C@@H]4CS(=O)(=O)C[C@H]4S3)c2)cc1OC. The number of amidine groups is 1. The zero-order valence-electron chi connectivity index (χ0n) is 18.1. The van der Waals surface area contributed by atoms with Crippen LogP contribution in [0.15, 0.2) is 41.4 Å². The molecule has 1 fully saturated rings. The van der Waals surface area contributed by atoms with E-state index in [1.54, 1.807) is 32.4 Å². The number of halogens is 1. The molecule has 0 unspecified atom stereocenters. The van der Waals surface area contributed by atoms with Crippen LogP contribution in [0.2, 0.25) is 5.02 Å². The molecule has 1 saturated heterocycles. The summed E-state index contributed by atoms with van der Waals surface area (Å²) in [6.45, 7) is 0.445. The number of aliphatic imine (C=N–C) groups is 1. The first-order valence-corrected chi connectivity index (χ1v) is 13.4. The topological polar surface area (TPSA) is 106 Å². The summed E-state index contributed by atoms with van der Waals surface area (Å²) in [6, 6.07) is 10.4. The molecule has 33 heavy (non-hydrogen) atoms. The standard InChI is InChI=1S/C22H24ClN3O5S2/c1-30-18-6-3-13(9-19(18)31-2)7-8-24-21(27)14-4-5-15(23)16(10-14)25-22-26-17-11-33(28,29)12-20(17)32-22/h3-6,9-10,17,20H,7-8,11-12H2,1-2H3,(H,24,27)(H,25,26)/t17-,20-/m1/s1. The summed E-state index contributed by atoms with van der Waals surface area (Å²) >= 11 is 7.71. The second kappa shape index (κ2) is 9.82. The highest BCUT2D eigenvalue weighted by atomic mass is 35.5. The number of thioether (sulfide) groups is 1. The van der Waals surface area contributed by atoms with E-state index in [9.17, 15) is 13.2 Å². The molecule has 11 heteroatoms. The van der Waals surface area contributed by atoms with E-state index in [1.807, 2.05) is 18.2 Å². The average molecular weight is 510 g/mol. The fraction of sp³-hybridized carbons (Fsp3) is 0.364. The van der Waals surface area contributed by atoms with Gasteiger partial charge in [0.1, 0.15) is 0 Å². The number of carbonyl (C=O) groups excluding carboxylic acids is 1. The molecule has 0 aliphatic carbocycles. The van der Waals surface area contributed by atoms with Crippen molar-refractivity contribution in [2.75, 3.05) is 37.6 Å². The largest absolute Gasteiger partial charge is 0.493 e. The van der Waals surface area contributed by atoms with Crippen LogP contribution in [0.5, 0.6) is 11.5 Å². The minimum atomic E-state index is -3.01. The lowest BCUT2D eigenvalue weighted by Crippen LogP contribution is -2.25. The first-order chi connectivity index (χ1) is 15.8. The van der Waals surface area contributed by atoms with Crippen LogP contribution in [0, 0.1) is 0 Å². The molecular weight excluding hydrogens is 486 g/mol. The van der Waals surface area contributed by atoms with Crippen LogP contribution < -0.4 is 20.1 Å². The van der Waals surface area contributed by atoms with Gasteiger partial charge in [0, 0.05) is 17.4 Å². The minimum absolute atomic E-state index is 0.0701. The van der Waals surface area contributed by atoms with Crippen molar-refractivity contribution < 1.29 is 22.7 Å². The minimum Gasteiger partial charge on any atom is -0.493 e. The molecular formula is C22H24ClN3O5S2. The first-order valence-electron chi connectivity index (χ1n) is 10.3. The Morgan fingerprint density at radius 3 is 2.67 bits per heavy atom. The molecule has 2 atom stereocenters. The van der Waals surface area contributed by atoms with Crippen LogP contribution in [0.3, 0.4) is 0 Å². The lowest BCUT2D eigenvalue weighted by Gasteiger charge is -2.12. The number of fused-ring (bicyclic) bond motifs is 1. The molecule has 0 spiro atoms. The number of ether oxygens (including phenoxy) is 2. The highest BCUT2D eigenvalue weighted by molar-refractivity contribution is 8.15. The second-order valence-electron chi connectivity index (χ2n) is 7.75. The highest BCUT2D eigenvalue weighted by Gasteiger charge is 2.42. The van der Waals surface area contributed by atoms with Gasteiger partial charge in [-0.15, -0.1) is 0 Å². The van der Waals surface area contributed by atoms with Crippen molar-refractivity contribution in [1.29, 1.82) is 0 Å². The molecule has 8 nitrogen and oxygen atoms in total. The maximum absolute atomic E-state index is 12.7. The summed E-state index contributed by atoms with van der Waals surface area (Å²) in [5.41, 5.74) is 2.02. The fourth-order valence-corrected chi connectivity index (χ4v) is 7.58. The Labute approximate surface area is 202 Å². The Morgan fingerprint density at radius 2 is 1.94 bits per heavy atom. The Hall–Kier alpha value is -2.43. The number of carbonyl (C=O) groups is 1. The van der Waals surface area contributed by atoms with Crippen molar-refractivity contribution in [3.05, 3.63) is 52.5 Å². The van der Waals surface area contributed by atoms with Gasteiger partial charge in [0.15, 0.2) is 26.5 Å². The highest BCUT2D eigenvalue weighted by Crippen LogP contribution is 2.35. The number of amides is 1. The smallest absolute Gasteiger partial charge is 0.251 e. The third-order valence-electron chi connectivity index (χ3n) is 5.44. The Bertz CT molecular complexity index is 1200. The molecule has 2 aromatic carbocycles. The van der Waals surface area contributed by atoms with Crippen molar-refractivity contribution in [3.63, 3.8) is 0 Å². The summed E-state index contributed by atoms with van der Waals surface area (Å²) < 4.78 is 34.0. The number of nitrogens with one attached hydrogen (secondary N) is 2. The molecule has 2 aliphatic heterocycles. The van der Waals surface area contributed by atoms with Gasteiger partial charge in [-0.2, -0.15) is 0 Å². The van der Waals surface area contributed by atoms with Gasteiger partial charge in [-0.3, -0.25) is 9.79 Å². The van der Waals surface area contributed by atoms with Crippen LogP contribution in [0.4, 0.5) is 5.69 Å². The van der Waals surface area contributed by atoms with E-state index in [4.69, 9.17) is 21.1 Å². The van der Waals surface area contributed by atoms with Crippen molar-refractivity contribution in [1.82, 2.24) is 5.32 Å². The molecule has 2 aromatic rings. The third-order valence-corrected chi connectivity index (χ3v) is 8.91. The molecule has 2 aliphatic rings. The van der Waals surface area contributed by atoms with E-state index in [0.29, 0.717) is 45.9 Å². The van der Waals surface area contributed by atoms with Gasteiger partial charge in [0.25, 0.3) is 5.91 Å². The first kappa shape index (κ1) is 23.7. The monoisotopic (exact) mass is 509 g/mol. The van der Waals surface area contributed by atoms with Gasteiger partial charge in [0.2, 0.25) is 0 Å². The maximum Gasteiger partial charge on any atom is 0.251 e. The number of rotatable bonds is 7. The number of sulfone groups is 1. The third kappa shape index (κ3) is 5.56. The van der Waals surface area contributed by atoms with Gasteiger partial charge in [-0.05, 0) is 42.3 Å². The number of nitrogens with zero attached hydrogens (tertiary/aromatic N) is 1. The van der Waals surface area contributed by atoms with E-state index in [0.717, 1.165) is 5.56 Å². The lowest BCUT2D eigenvalue weighted by molar-refractivity contribution is 0.0954. The van der Waals surface area contributed by atoms with Gasteiger partial charge < -0.3 is 20.1 Å². The number of anilines is 1. The van der Waals surface area contributed by atoms with Crippen molar-refractivity contribution in [2.45, 2.75) is 17.7 Å². The second-order valence-corrected chi connectivity index (χ2v) is 11.5. The molecule has 0 radical (unpaired) electrons. The fourth-order valence-electron chi connectivity index (χ4n) is 3.75. The zero-order valence-corrected chi connectivity index (χ0v) is 20.5. The molecule has 4 rings (SSSR count). The summed E-state index contributed by atoms with van der Waals surface area (Å²) in [5, 5.41) is 7.05. The predicted octanol–water partition coefficient (Wildman–Crippen LogP) is 3.01. The molecule has 2 heterocycles. The van der Waals surface area contributed by atoms with E-state index < -0.39 is 9.84 Å². The number of benzene rings is 2. The molecule has 0 bridgehead atoms. The van der Waals surface area contributed by atoms with Crippen LogP contribution in [-0.4, -0.2) is 63.1 Å². The molecule has 0 aromatic heterocycles. The van der Waals surface area contributed by atoms with Crippen molar-refractivity contribution in [3.8, 4) is 11.5 Å². The molecule has 2 N–H and O–H groups in total. The summed E-state index contributed by atoms with van der Waals surface area (Å²) in [4.78, 5) is 17.1. The van der Waals surface area contributed by atoms with Crippen molar-refractivity contribution >= 4 is 50.0 Å². The Morgan fingerprint density at radius 1 is 1.15 bits per heavy atom. The summed E-state index contributed by atoms with van der Waals surface area (Å²) in [6.07, 6.45) is 0.629. The quantitative estimate of drug-likeness (QED) is 0.591. The number of hydrogen-bond acceptors (Lipinski definition) is 8. The van der Waals surface area contributed by atoms with Crippen LogP contribution >= 0.6 is 23.4 Å². The molecule has 0 saturated carbocycles. The van der Waals surface area contributed by atoms with E-state index in [2.05, 4.69) is 15.6 Å². The maximum atomic E-state index is 12.7. The Balaban J connectivity index is 1.36. The van der Waals surface area contributed by atoms with E-state index >= 15 is 0 Å². The zero-order chi connectivity index (χ0) is 23.6. The van der Waals surface area contributed by atoms with Gasteiger partial charge >= 0.3 is 0 Å². The Kier molecular flexibility index (Phi) is 7.06. The lowest BCUT2D eigenvalue weighted by atomic mass is 10.1. The van der Waals surface area contributed by atoms with E-state index in [1.165, 1.54) is 11.8 Å². The summed E-state index contributed by atoms with van der Waals surface area (Å²) in [5.74, 6) is 1.28. The average Bonchev–Trinajstić information content (AvgIpc) is 3.27. The molecule has 176 valence electrons. The van der Waals surface area contributed by atoms with E-state index in [-0.39, 0.29) is 28.7 Å².